The average molecular weight is 284 g/mol. The zero-order chi connectivity index (χ0) is 14.6. The van der Waals surface area contributed by atoms with Crippen molar-refractivity contribution in [1.82, 2.24) is 10.2 Å². The van der Waals surface area contributed by atoms with Gasteiger partial charge in [-0.05, 0) is 18.2 Å². The van der Waals surface area contributed by atoms with Gasteiger partial charge in [0.15, 0.2) is 0 Å². The molecule has 1 atom stereocenters. The third-order valence-electron chi connectivity index (χ3n) is 2.81. The first kappa shape index (κ1) is 15.3. The minimum atomic E-state index is -0.293. The molecule has 104 valence electrons. The van der Waals surface area contributed by atoms with E-state index in [-0.39, 0.29) is 17.7 Å². The second-order valence-corrected chi connectivity index (χ2v) is 4.85. The number of carbonyl (C=O) groups is 2. The van der Waals surface area contributed by atoms with E-state index in [1.807, 2.05) is 0 Å². The molecule has 0 saturated heterocycles. The number of halogens is 1. The lowest BCUT2D eigenvalue weighted by Crippen LogP contribution is -2.37. The predicted octanol–water partition coefficient (Wildman–Crippen LogP) is 1.38. The summed E-state index contributed by atoms with van der Waals surface area (Å²) in [5.74, 6) is -0.662. The smallest absolute Gasteiger partial charge is 0.255 e. The lowest BCUT2D eigenvalue weighted by molar-refractivity contribution is -0.124. The van der Waals surface area contributed by atoms with Gasteiger partial charge in [0.05, 0.1) is 16.5 Å². The van der Waals surface area contributed by atoms with Crippen LogP contribution in [0.3, 0.4) is 0 Å². The Morgan fingerprint density at radius 2 is 2.11 bits per heavy atom. The number of nitrogens with zero attached hydrogens (tertiary/aromatic N) is 1. The highest BCUT2D eigenvalue weighted by atomic mass is 35.5. The number of benzene rings is 1. The molecule has 1 aromatic carbocycles. The molecule has 0 bridgehead atoms. The molecule has 0 aliphatic heterocycles. The summed E-state index contributed by atoms with van der Waals surface area (Å²) in [5.41, 5.74) is 6.46. The van der Waals surface area contributed by atoms with E-state index in [2.05, 4.69) is 5.32 Å². The Kier molecular flexibility index (Phi) is 5.18. The fraction of sp³-hybridized carbons (Fsp3) is 0.385. The van der Waals surface area contributed by atoms with Crippen molar-refractivity contribution < 1.29 is 9.59 Å². The van der Waals surface area contributed by atoms with Crippen molar-refractivity contribution in [2.75, 3.05) is 26.4 Å². The topological polar surface area (TPSA) is 75.4 Å². The lowest BCUT2D eigenvalue weighted by atomic mass is 10.1. The van der Waals surface area contributed by atoms with E-state index < -0.39 is 0 Å². The van der Waals surface area contributed by atoms with E-state index in [0.717, 1.165) is 0 Å². The summed E-state index contributed by atoms with van der Waals surface area (Å²) >= 11 is 5.98. The van der Waals surface area contributed by atoms with Crippen LogP contribution >= 0.6 is 11.6 Å². The Morgan fingerprint density at radius 3 is 2.68 bits per heavy atom. The van der Waals surface area contributed by atoms with Crippen molar-refractivity contribution in [3.05, 3.63) is 28.8 Å². The number of hydrogen-bond donors (Lipinski definition) is 2. The fourth-order valence-electron chi connectivity index (χ4n) is 1.74. The molecule has 1 rings (SSSR count). The number of anilines is 1. The monoisotopic (exact) mass is 283 g/mol. The Hall–Kier alpha value is -1.75. The molecule has 0 fully saturated rings. The Labute approximate surface area is 117 Å². The van der Waals surface area contributed by atoms with Crippen LogP contribution in [0, 0.1) is 5.92 Å². The first-order valence-corrected chi connectivity index (χ1v) is 6.26. The SMILES string of the molecule is CNC(=O)C(C)CN(C)C(=O)c1cc(N)ccc1Cl. The summed E-state index contributed by atoms with van der Waals surface area (Å²) in [7, 11) is 3.19. The molecule has 0 aromatic heterocycles. The van der Waals surface area contributed by atoms with Gasteiger partial charge < -0.3 is 16.0 Å². The minimum Gasteiger partial charge on any atom is -0.399 e. The zero-order valence-electron chi connectivity index (χ0n) is 11.2. The van der Waals surface area contributed by atoms with Gasteiger partial charge >= 0.3 is 0 Å². The van der Waals surface area contributed by atoms with Gasteiger partial charge in [-0.2, -0.15) is 0 Å². The number of amides is 2. The standard InChI is InChI=1S/C13H18ClN3O2/c1-8(12(18)16-2)7-17(3)13(19)10-6-9(15)4-5-11(10)14/h4-6,8H,7,15H2,1-3H3,(H,16,18). The molecule has 0 radical (unpaired) electrons. The van der Waals surface area contributed by atoms with Crippen LogP contribution in [-0.2, 0) is 4.79 Å². The Balaban J connectivity index is 2.82. The lowest BCUT2D eigenvalue weighted by Gasteiger charge is -2.21. The predicted molar refractivity (Wildman–Crippen MR) is 76.1 cm³/mol. The van der Waals surface area contributed by atoms with E-state index in [0.29, 0.717) is 22.8 Å². The van der Waals surface area contributed by atoms with Gasteiger partial charge in [0, 0.05) is 26.3 Å². The summed E-state index contributed by atoms with van der Waals surface area (Å²) in [6, 6.07) is 4.75. The van der Waals surface area contributed by atoms with Crippen molar-refractivity contribution in [1.29, 1.82) is 0 Å². The van der Waals surface area contributed by atoms with Gasteiger partial charge in [-0.15, -0.1) is 0 Å². The normalized spacial score (nSPS) is 11.8. The van der Waals surface area contributed by atoms with Crippen molar-refractivity contribution in [3.8, 4) is 0 Å². The first-order valence-electron chi connectivity index (χ1n) is 5.89. The molecule has 0 aliphatic rings. The molecular formula is C13H18ClN3O2. The maximum atomic E-state index is 12.2. The van der Waals surface area contributed by atoms with Crippen LogP contribution in [0.25, 0.3) is 0 Å². The fourth-order valence-corrected chi connectivity index (χ4v) is 1.93. The van der Waals surface area contributed by atoms with Crippen LogP contribution in [0.1, 0.15) is 17.3 Å². The summed E-state index contributed by atoms with van der Waals surface area (Å²) in [5, 5.41) is 2.89. The first-order chi connectivity index (χ1) is 8.86. The van der Waals surface area contributed by atoms with Gasteiger partial charge in [0.1, 0.15) is 0 Å². The number of nitrogens with two attached hydrogens (primary N) is 1. The van der Waals surface area contributed by atoms with Crippen LogP contribution in [0.5, 0.6) is 0 Å². The summed E-state index contributed by atoms with van der Waals surface area (Å²) in [6.45, 7) is 2.06. The molecule has 19 heavy (non-hydrogen) atoms. The van der Waals surface area contributed by atoms with Gasteiger partial charge in [-0.25, -0.2) is 0 Å². The molecule has 2 amide bonds. The van der Waals surface area contributed by atoms with Crippen LogP contribution in [0.15, 0.2) is 18.2 Å². The summed E-state index contributed by atoms with van der Waals surface area (Å²) in [4.78, 5) is 25.1. The Morgan fingerprint density at radius 1 is 1.47 bits per heavy atom. The average Bonchev–Trinajstić information content (AvgIpc) is 2.39. The highest BCUT2D eigenvalue weighted by Gasteiger charge is 2.20. The number of nitrogens with one attached hydrogen (secondary N) is 1. The van der Waals surface area contributed by atoms with Crippen molar-refractivity contribution in [3.63, 3.8) is 0 Å². The van der Waals surface area contributed by atoms with E-state index in [1.165, 1.54) is 11.0 Å². The second kappa shape index (κ2) is 6.43. The molecule has 0 heterocycles. The molecule has 0 spiro atoms. The maximum Gasteiger partial charge on any atom is 0.255 e. The minimum absolute atomic E-state index is 0.113. The molecule has 1 unspecified atom stereocenters. The number of rotatable bonds is 4. The quantitative estimate of drug-likeness (QED) is 0.820. The van der Waals surface area contributed by atoms with Crippen molar-refractivity contribution in [2.24, 2.45) is 5.92 Å². The molecular weight excluding hydrogens is 266 g/mol. The summed E-state index contributed by atoms with van der Waals surface area (Å²) in [6.07, 6.45) is 0. The Bertz CT molecular complexity index is 491. The third-order valence-corrected chi connectivity index (χ3v) is 3.14. The van der Waals surface area contributed by atoms with E-state index in [1.54, 1.807) is 33.2 Å². The van der Waals surface area contributed by atoms with Gasteiger partial charge in [0.25, 0.3) is 5.91 Å². The number of hydrogen-bond acceptors (Lipinski definition) is 3. The van der Waals surface area contributed by atoms with Crippen molar-refractivity contribution >= 4 is 29.1 Å². The van der Waals surface area contributed by atoms with Crippen LogP contribution in [-0.4, -0.2) is 37.4 Å². The number of carbonyl (C=O) groups excluding carboxylic acids is 2. The highest BCUT2D eigenvalue weighted by Crippen LogP contribution is 2.20. The summed E-state index contributed by atoms with van der Waals surface area (Å²) < 4.78 is 0. The van der Waals surface area contributed by atoms with E-state index in [4.69, 9.17) is 17.3 Å². The second-order valence-electron chi connectivity index (χ2n) is 4.44. The van der Waals surface area contributed by atoms with Crippen molar-refractivity contribution in [2.45, 2.75) is 6.92 Å². The van der Waals surface area contributed by atoms with Crippen LogP contribution in [0.2, 0.25) is 5.02 Å². The van der Waals surface area contributed by atoms with Crippen LogP contribution < -0.4 is 11.1 Å². The van der Waals surface area contributed by atoms with E-state index >= 15 is 0 Å². The highest BCUT2D eigenvalue weighted by molar-refractivity contribution is 6.34. The van der Waals surface area contributed by atoms with E-state index in [9.17, 15) is 9.59 Å². The molecule has 5 nitrogen and oxygen atoms in total. The molecule has 0 aliphatic carbocycles. The van der Waals surface area contributed by atoms with Crippen LogP contribution in [0.4, 0.5) is 5.69 Å². The molecule has 6 heteroatoms. The number of nitrogen functional groups attached to an aromatic ring is 1. The molecule has 1 aromatic rings. The molecule has 0 saturated carbocycles. The molecule has 3 N–H and O–H groups in total. The van der Waals surface area contributed by atoms with Gasteiger partial charge in [-0.1, -0.05) is 18.5 Å². The van der Waals surface area contributed by atoms with Gasteiger partial charge in [0.2, 0.25) is 5.91 Å². The maximum absolute atomic E-state index is 12.2. The zero-order valence-corrected chi connectivity index (χ0v) is 12.0. The van der Waals surface area contributed by atoms with Gasteiger partial charge in [-0.3, -0.25) is 9.59 Å². The third kappa shape index (κ3) is 3.86. The largest absolute Gasteiger partial charge is 0.399 e.